The molecular formula is C52H67BrCl2N6O5S. The fraction of sp³-hybridized carbons (Fsp3) is 0.500. The van der Waals surface area contributed by atoms with Crippen LogP contribution in [-0.4, -0.2) is 133 Å². The number of likely N-dealkylation sites (tertiary alicyclic amines) is 4. The maximum atomic E-state index is 12.6. The van der Waals surface area contributed by atoms with Gasteiger partial charge in [0.15, 0.2) is 5.11 Å². The molecule has 2 unspecified atom stereocenters. The van der Waals surface area contributed by atoms with Crippen LogP contribution < -0.4 is 20.1 Å². The highest BCUT2D eigenvalue weighted by Crippen LogP contribution is 2.33. The zero-order valence-corrected chi connectivity index (χ0v) is 42.7. The van der Waals surface area contributed by atoms with Gasteiger partial charge in [0.25, 0.3) is 0 Å². The Morgan fingerprint density at radius 3 is 1.54 bits per heavy atom. The molecule has 0 saturated carbocycles. The highest BCUT2D eigenvalue weighted by molar-refractivity contribution is 9.10. The van der Waals surface area contributed by atoms with E-state index in [9.17, 15) is 15.0 Å². The molecular weight excluding hydrogens is 971 g/mol. The Balaban J connectivity index is 0.000000199. The van der Waals surface area contributed by atoms with E-state index in [2.05, 4.69) is 77.7 Å². The van der Waals surface area contributed by atoms with E-state index in [1.807, 2.05) is 36.4 Å². The van der Waals surface area contributed by atoms with Gasteiger partial charge in [0.05, 0.1) is 36.5 Å². The highest BCUT2D eigenvalue weighted by atomic mass is 79.9. The highest BCUT2D eigenvalue weighted by Gasteiger charge is 2.32. The van der Waals surface area contributed by atoms with Crippen LogP contribution in [-0.2, 0) is 0 Å². The predicted molar refractivity (Wildman–Crippen MR) is 279 cm³/mol. The summed E-state index contributed by atoms with van der Waals surface area (Å²) in [5.74, 6) is 3.53. The standard InChI is InChI=1S/C26H34BrN3O2S.C26H33Cl2N3O3/c1-32-24-7-5-19(6-8-24)20-9-13-29(14-10-20)18-25(31)21-11-15-30(16-12-21)26(33)28-23-4-2-3-22(27)17-23;1-34-22-5-2-18(3-6-22)19-8-12-30(13-9-19)17-25(32)20-10-14-31(15-11-20)26(33)29-21-4-7-23(27)24(28)16-21/h2-8,17,20-21,25,31H,9-16,18H2,1H3,(H,28,33);2-7,16,19-20,25,32H,8-15,17H2,1H3,(H,29,33). The zero-order valence-electron chi connectivity index (χ0n) is 38.8. The molecule has 4 aromatic rings. The molecule has 0 bridgehead atoms. The summed E-state index contributed by atoms with van der Waals surface area (Å²) in [6.45, 7) is 8.62. The quantitative estimate of drug-likeness (QED) is 0.102. The average molecular weight is 1040 g/mol. The number of carbonyl (C=O) groups is 1. The van der Waals surface area contributed by atoms with E-state index in [4.69, 9.17) is 44.9 Å². The average Bonchev–Trinajstić information content (AvgIpc) is 3.36. The van der Waals surface area contributed by atoms with Gasteiger partial charge < -0.3 is 49.9 Å². The second kappa shape index (κ2) is 25.3. The van der Waals surface area contributed by atoms with Crippen molar-refractivity contribution in [3.8, 4) is 11.5 Å². The van der Waals surface area contributed by atoms with Crippen LogP contribution in [0.1, 0.15) is 74.3 Å². The van der Waals surface area contributed by atoms with Crippen LogP contribution in [0, 0.1) is 11.8 Å². The van der Waals surface area contributed by atoms with Crippen LogP contribution in [0.25, 0.3) is 0 Å². The van der Waals surface area contributed by atoms with E-state index >= 15 is 0 Å². The third-order valence-corrected chi connectivity index (χ3v) is 15.8. The zero-order chi connectivity index (χ0) is 47.3. The molecule has 67 heavy (non-hydrogen) atoms. The fourth-order valence-corrected chi connectivity index (χ4v) is 11.0. The number of carbonyl (C=O) groups excluding carboxylic acids is 1. The molecule has 0 aliphatic carbocycles. The fourth-order valence-electron chi connectivity index (χ4n) is 10.00. The van der Waals surface area contributed by atoms with Gasteiger partial charge in [-0.3, -0.25) is 0 Å². The Morgan fingerprint density at radius 2 is 1.09 bits per heavy atom. The summed E-state index contributed by atoms with van der Waals surface area (Å²) in [5.41, 5.74) is 4.39. The molecule has 4 saturated heterocycles. The van der Waals surface area contributed by atoms with Crippen LogP contribution in [0.2, 0.25) is 10.0 Å². The lowest BCUT2D eigenvalue weighted by molar-refractivity contribution is 0.0315. The molecule has 4 heterocycles. The molecule has 0 spiro atoms. The number of methoxy groups -OCH3 is 2. The SMILES string of the molecule is COc1ccc(C2CCN(CC(O)C3CCN(C(=O)Nc4ccc(Cl)c(Cl)c4)CC3)CC2)cc1.COc1ccc(C2CCN(CC(O)C3CCN(C(=S)Nc4cccc(Br)c4)CC3)CC2)cc1. The van der Waals surface area contributed by atoms with Crippen LogP contribution in [0.3, 0.4) is 0 Å². The summed E-state index contributed by atoms with van der Waals surface area (Å²) in [6, 6.07) is 29.8. The minimum atomic E-state index is -0.363. The monoisotopic (exact) mass is 1040 g/mol. The summed E-state index contributed by atoms with van der Waals surface area (Å²) in [5, 5.41) is 29.7. The third-order valence-electron chi connectivity index (χ3n) is 14.2. The number of rotatable bonds is 12. The largest absolute Gasteiger partial charge is 0.497 e. The topological polar surface area (TPSA) is 113 Å². The number of aliphatic hydroxyl groups is 2. The van der Waals surface area contributed by atoms with Crippen LogP contribution in [0.4, 0.5) is 16.2 Å². The number of halogens is 3. The molecule has 362 valence electrons. The van der Waals surface area contributed by atoms with Gasteiger partial charge in [0.1, 0.15) is 11.5 Å². The van der Waals surface area contributed by atoms with Crippen molar-refractivity contribution in [2.45, 2.75) is 75.4 Å². The molecule has 0 radical (unpaired) electrons. The second-order valence-electron chi connectivity index (χ2n) is 18.5. The van der Waals surface area contributed by atoms with E-state index in [-0.39, 0.29) is 24.2 Å². The number of hydrogen-bond donors (Lipinski definition) is 4. The Hall–Kier alpha value is -3.66. The van der Waals surface area contributed by atoms with Crippen molar-refractivity contribution in [1.82, 2.24) is 19.6 Å². The molecule has 15 heteroatoms. The van der Waals surface area contributed by atoms with Gasteiger partial charge in [0, 0.05) is 55.1 Å². The molecule has 2 amide bonds. The molecule has 2 atom stereocenters. The number of anilines is 2. The smallest absolute Gasteiger partial charge is 0.321 e. The van der Waals surface area contributed by atoms with Gasteiger partial charge in [-0.05, 0) is 185 Å². The number of aliphatic hydroxyl groups excluding tert-OH is 2. The summed E-state index contributed by atoms with van der Waals surface area (Å²) >= 11 is 21.1. The number of thiocarbonyl (C=S) groups is 1. The summed E-state index contributed by atoms with van der Waals surface area (Å²) in [7, 11) is 3.40. The lowest BCUT2D eigenvalue weighted by Crippen LogP contribution is -2.46. The Labute approximate surface area is 421 Å². The molecule has 4 aromatic carbocycles. The van der Waals surface area contributed by atoms with Crippen molar-refractivity contribution in [1.29, 1.82) is 0 Å². The minimum Gasteiger partial charge on any atom is -0.497 e. The number of β-amino-alcohol motifs (C(OH)–C–C–N with tert-alkyl or cyclic N) is 2. The minimum absolute atomic E-state index is 0.146. The number of nitrogens with one attached hydrogen (secondary N) is 2. The van der Waals surface area contributed by atoms with Gasteiger partial charge in [-0.15, -0.1) is 0 Å². The van der Waals surface area contributed by atoms with Crippen molar-refractivity contribution in [2.24, 2.45) is 11.8 Å². The summed E-state index contributed by atoms with van der Waals surface area (Å²) < 4.78 is 11.6. The predicted octanol–water partition coefficient (Wildman–Crippen LogP) is 10.6. The first kappa shape index (κ1) is 51.2. The van der Waals surface area contributed by atoms with Gasteiger partial charge in [-0.1, -0.05) is 69.5 Å². The van der Waals surface area contributed by atoms with Crippen molar-refractivity contribution < 1.29 is 24.5 Å². The molecule has 4 aliphatic rings. The first-order valence-corrected chi connectivity index (χ1v) is 25.8. The third kappa shape index (κ3) is 14.9. The molecule has 8 rings (SSSR count). The van der Waals surface area contributed by atoms with E-state index in [1.165, 1.54) is 11.1 Å². The molecule has 0 aromatic heterocycles. The number of nitrogens with zero attached hydrogens (tertiary/aromatic N) is 4. The first-order valence-electron chi connectivity index (χ1n) is 23.9. The number of benzene rings is 4. The summed E-state index contributed by atoms with van der Waals surface area (Å²) in [4.78, 5) is 21.4. The van der Waals surface area contributed by atoms with Crippen LogP contribution in [0.5, 0.6) is 11.5 Å². The number of amides is 2. The Kier molecular flexibility index (Phi) is 19.3. The van der Waals surface area contributed by atoms with Crippen molar-refractivity contribution >= 4 is 73.9 Å². The Morgan fingerprint density at radius 1 is 0.627 bits per heavy atom. The number of piperidine rings is 4. The molecule has 11 nitrogen and oxygen atoms in total. The lowest BCUT2D eigenvalue weighted by Gasteiger charge is -2.38. The summed E-state index contributed by atoms with van der Waals surface area (Å²) in [6.07, 6.45) is 7.43. The lowest BCUT2D eigenvalue weighted by atomic mass is 9.88. The van der Waals surface area contributed by atoms with Crippen molar-refractivity contribution in [2.75, 3.05) is 90.3 Å². The maximum absolute atomic E-state index is 12.6. The van der Waals surface area contributed by atoms with Gasteiger partial charge >= 0.3 is 6.03 Å². The van der Waals surface area contributed by atoms with Crippen molar-refractivity contribution in [3.63, 3.8) is 0 Å². The number of ether oxygens (including phenoxy) is 2. The molecule has 4 fully saturated rings. The first-order chi connectivity index (χ1) is 32.4. The molecule has 4 N–H and O–H groups in total. The molecule has 4 aliphatic heterocycles. The van der Waals surface area contributed by atoms with Gasteiger partial charge in [0.2, 0.25) is 0 Å². The second-order valence-corrected chi connectivity index (χ2v) is 20.6. The van der Waals surface area contributed by atoms with Gasteiger partial charge in [-0.25, -0.2) is 4.79 Å². The van der Waals surface area contributed by atoms with E-state index in [0.29, 0.717) is 53.1 Å². The van der Waals surface area contributed by atoms with Gasteiger partial charge in [-0.2, -0.15) is 0 Å². The number of hydrogen-bond acceptors (Lipinski definition) is 8. The maximum Gasteiger partial charge on any atom is 0.321 e. The number of urea groups is 1. The van der Waals surface area contributed by atoms with E-state index in [0.717, 1.165) is 124 Å². The normalized spacial score (nSPS) is 19.2. The van der Waals surface area contributed by atoms with Crippen LogP contribution >= 0.6 is 51.3 Å². The Bertz CT molecular complexity index is 2180. The van der Waals surface area contributed by atoms with E-state index in [1.54, 1.807) is 37.3 Å². The van der Waals surface area contributed by atoms with Crippen molar-refractivity contribution in [3.05, 3.63) is 117 Å². The van der Waals surface area contributed by atoms with Crippen LogP contribution in [0.15, 0.2) is 95.5 Å². The van der Waals surface area contributed by atoms with E-state index < -0.39 is 0 Å².